The number of nitrogens with one attached hydrogen (secondary N) is 1. The van der Waals surface area contributed by atoms with Gasteiger partial charge in [-0.05, 0) is 5.92 Å². The Labute approximate surface area is 101 Å². The van der Waals surface area contributed by atoms with Crippen LogP contribution in [-0.4, -0.2) is 40.8 Å². The van der Waals surface area contributed by atoms with Crippen LogP contribution in [0.3, 0.4) is 0 Å². The molecule has 6 nitrogen and oxygen atoms in total. The fourth-order valence-corrected chi connectivity index (χ4v) is 1.62. The first-order valence-corrected chi connectivity index (χ1v) is 5.85. The molecule has 0 aromatic heterocycles. The second-order valence-electron chi connectivity index (χ2n) is 4.09. The highest BCUT2D eigenvalue weighted by Crippen LogP contribution is 2.12. The number of carboxylic acid groups (broad SMARTS) is 1. The minimum Gasteiger partial charge on any atom is -0.481 e. The first-order valence-electron chi connectivity index (χ1n) is 5.85. The highest BCUT2D eigenvalue weighted by molar-refractivity contribution is 5.85. The Kier molecular flexibility index (Phi) is 7.49. The molecule has 2 unspecified atom stereocenters. The normalized spacial score (nSPS) is 14.4. The van der Waals surface area contributed by atoms with E-state index >= 15 is 0 Å². The van der Waals surface area contributed by atoms with E-state index in [-0.39, 0.29) is 12.5 Å². The molecule has 0 aliphatic carbocycles. The molecule has 0 saturated heterocycles. The molecular formula is C11H22N2O4. The van der Waals surface area contributed by atoms with Gasteiger partial charge >= 0.3 is 5.97 Å². The van der Waals surface area contributed by atoms with Gasteiger partial charge in [0, 0.05) is 6.54 Å². The van der Waals surface area contributed by atoms with Gasteiger partial charge in [-0.15, -0.1) is 0 Å². The van der Waals surface area contributed by atoms with E-state index in [2.05, 4.69) is 5.32 Å². The van der Waals surface area contributed by atoms with Crippen molar-refractivity contribution in [3.05, 3.63) is 0 Å². The summed E-state index contributed by atoms with van der Waals surface area (Å²) in [5, 5.41) is 20.7. The highest BCUT2D eigenvalue weighted by atomic mass is 16.4. The molecule has 0 radical (unpaired) electrons. The number of aliphatic hydroxyl groups is 1. The van der Waals surface area contributed by atoms with E-state index in [4.69, 9.17) is 10.8 Å². The van der Waals surface area contributed by atoms with Crippen LogP contribution in [0.25, 0.3) is 0 Å². The van der Waals surface area contributed by atoms with E-state index in [9.17, 15) is 14.7 Å². The van der Waals surface area contributed by atoms with E-state index in [0.29, 0.717) is 0 Å². The number of aliphatic carboxylic acids is 1. The zero-order valence-electron chi connectivity index (χ0n) is 10.3. The van der Waals surface area contributed by atoms with Crippen molar-refractivity contribution >= 4 is 11.9 Å². The Balaban J connectivity index is 4.02. The smallest absolute Gasteiger partial charge is 0.305 e. The SMILES string of the molecule is CCC(CC)C(O)CNC(=O)C(N)CC(=O)O. The molecule has 0 aromatic carbocycles. The summed E-state index contributed by atoms with van der Waals surface area (Å²) in [5.41, 5.74) is 5.37. The second-order valence-corrected chi connectivity index (χ2v) is 4.09. The molecule has 17 heavy (non-hydrogen) atoms. The van der Waals surface area contributed by atoms with Crippen LogP contribution in [0.5, 0.6) is 0 Å². The fraction of sp³-hybridized carbons (Fsp3) is 0.818. The van der Waals surface area contributed by atoms with Crippen LogP contribution in [0.2, 0.25) is 0 Å². The first-order chi connectivity index (χ1) is 7.92. The number of carboxylic acids is 1. The van der Waals surface area contributed by atoms with Crippen LogP contribution in [-0.2, 0) is 9.59 Å². The summed E-state index contributed by atoms with van der Waals surface area (Å²) >= 11 is 0. The van der Waals surface area contributed by atoms with Crippen LogP contribution in [0, 0.1) is 5.92 Å². The van der Waals surface area contributed by atoms with Gasteiger partial charge in [-0.1, -0.05) is 26.7 Å². The molecule has 0 saturated carbocycles. The number of rotatable bonds is 8. The Morgan fingerprint density at radius 2 is 1.82 bits per heavy atom. The molecule has 1 amide bonds. The zero-order valence-corrected chi connectivity index (χ0v) is 10.3. The largest absolute Gasteiger partial charge is 0.481 e. The molecule has 100 valence electrons. The molecule has 0 spiro atoms. The van der Waals surface area contributed by atoms with Gasteiger partial charge in [0.15, 0.2) is 0 Å². The van der Waals surface area contributed by atoms with Gasteiger partial charge in [-0.25, -0.2) is 0 Å². The van der Waals surface area contributed by atoms with Crippen molar-refractivity contribution in [2.75, 3.05) is 6.54 Å². The highest BCUT2D eigenvalue weighted by Gasteiger charge is 2.20. The first kappa shape index (κ1) is 15.9. The molecule has 0 fully saturated rings. The number of hydrogen-bond donors (Lipinski definition) is 4. The number of nitrogens with two attached hydrogens (primary N) is 1. The lowest BCUT2D eigenvalue weighted by Crippen LogP contribution is -2.45. The maximum atomic E-state index is 11.4. The summed E-state index contributed by atoms with van der Waals surface area (Å²) in [7, 11) is 0. The van der Waals surface area contributed by atoms with Crippen LogP contribution < -0.4 is 11.1 Å². The molecule has 0 aliphatic rings. The molecule has 6 heteroatoms. The maximum Gasteiger partial charge on any atom is 0.305 e. The molecule has 0 bridgehead atoms. The number of amides is 1. The summed E-state index contributed by atoms with van der Waals surface area (Å²) in [5.74, 6) is -1.53. The van der Waals surface area contributed by atoms with Crippen molar-refractivity contribution in [2.45, 2.75) is 45.3 Å². The number of carbonyl (C=O) groups is 2. The van der Waals surface area contributed by atoms with Crippen LogP contribution in [0.15, 0.2) is 0 Å². The predicted octanol–water partition coefficient (Wildman–Crippen LogP) is -0.298. The van der Waals surface area contributed by atoms with E-state index in [1.807, 2.05) is 13.8 Å². The van der Waals surface area contributed by atoms with Gasteiger partial charge in [0.2, 0.25) is 5.91 Å². The third kappa shape index (κ3) is 6.23. The topological polar surface area (TPSA) is 113 Å². The minimum absolute atomic E-state index is 0.110. The molecule has 0 aromatic rings. The van der Waals surface area contributed by atoms with E-state index in [1.165, 1.54) is 0 Å². The molecule has 0 rings (SSSR count). The fourth-order valence-electron chi connectivity index (χ4n) is 1.62. The monoisotopic (exact) mass is 246 g/mol. The Morgan fingerprint density at radius 3 is 2.24 bits per heavy atom. The van der Waals surface area contributed by atoms with Crippen LogP contribution >= 0.6 is 0 Å². The molecular weight excluding hydrogens is 224 g/mol. The van der Waals surface area contributed by atoms with Crippen molar-refractivity contribution < 1.29 is 19.8 Å². The standard InChI is InChI=1S/C11H22N2O4/c1-3-7(4-2)9(14)6-13-11(17)8(12)5-10(15)16/h7-9,14H,3-6,12H2,1-2H3,(H,13,17)(H,15,16). The Bertz CT molecular complexity index is 254. The van der Waals surface area contributed by atoms with Crippen LogP contribution in [0.1, 0.15) is 33.1 Å². The minimum atomic E-state index is -1.12. The van der Waals surface area contributed by atoms with Crippen molar-refractivity contribution in [1.82, 2.24) is 5.32 Å². The average Bonchev–Trinajstić information content (AvgIpc) is 2.26. The van der Waals surface area contributed by atoms with Gasteiger partial charge < -0.3 is 21.3 Å². The van der Waals surface area contributed by atoms with Crippen molar-refractivity contribution in [1.29, 1.82) is 0 Å². The lowest BCUT2D eigenvalue weighted by molar-refractivity contribution is -0.139. The quantitative estimate of drug-likeness (QED) is 0.470. The Morgan fingerprint density at radius 1 is 1.29 bits per heavy atom. The van der Waals surface area contributed by atoms with Gasteiger partial charge in [0.1, 0.15) is 0 Å². The average molecular weight is 246 g/mol. The summed E-state index contributed by atoms with van der Waals surface area (Å²) in [6, 6.07) is -1.07. The second kappa shape index (κ2) is 8.03. The summed E-state index contributed by atoms with van der Waals surface area (Å²) in [6.07, 6.45) is 0.627. The summed E-state index contributed by atoms with van der Waals surface area (Å²) in [4.78, 5) is 21.7. The number of aliphatic hydroxyl groups excluding tert-OH is 1. The third-order valence-electron chi connectivity index (χ3n) is 2.81. The van der Waals surface area contributed by atoms with Gasteiger partial charge in [-0.3, -0.25) is 9.59 Å². The van der Waals surface area contributed by atoms with E-state index in [0.717, 1.165) is 12.8 Å². The molecule has 2 atom stereocenters. The molecule has 0 aliphatic heterocycles. The Hall–Kier alpha value is -1.14. The van der Waals surface area contributed by atoms with Gasteiger partial charge in [0.25, 0.3) is 0 Å². The predicted molar refractivity (Wildman–Crippen MR) is 63.3 cm³/mol. The van der Waals surface area contributed by atoms with Gasteiger partial charge in [-0.2, -0.15) is 0 Å². The van der Waals surface area contributed by atoms with Crippen molar-refractivity contribution in [3.63, 3.8) is 0 Å². The third-order valence-corrected chi connectivity index (χ3v) is 2.81. The van der Waals surface area contributed by atoms with Crippen molar-refractivity contribution in [3.8, 4) is 0 Å². The lowest BCUT2D eigenvalue weighted by Gasteiger charge is -2.21. The molecule has 5 N–H and O–H groups in total. The van der Waals surface area contributed by atoms with Crippen molar-refractivity contribution in [2.24, 2.45) is 11.7 Å². The van der Waals surface area contributed by atoms with E-state index in [1.54, 1.807) is 0 Å². The summed E-state index contributed by atoms with van der Waals surface area (Å²) in [6.45, 7) is 4.04. The summed E-state index contributed by atoms with van der Waals surface area (Å²) < 4.78 is 0. The van der Waals surface area contributed by atoms with Gasteiger partial charge in [0.05, 0.1) is 18.6 Å². The molecule has 0 heterocycles. The lowest BCUT2D eigenvalue weighted by atomic mass is 9.96. The zero-order chi connectivity index (χ0) is 13.4. The number of carbonyl (C=O) groups excluding carboxylic acids is 1. The van der Waals surface area contributed by atoms with Crippen LogP contribution in [0.4, 0.5) is 0 Å². The number of hydrogen-bond acceptors (Lipinski definition) is 4. The van der Waals surface area contributed by atoms with E-state index < -0.39 is 30.4 Å². The maximum absolute atomic E-state index is 11.4.